The van der Waals surface area contributed by atoms with Crippen molar-refractivity contribution in [2.24, 2.45) is 5.41 Å². The number of rotatable bonds is 4. The van der Waals surface area contributed by atoms with E-state index >= 15 is 0 Å². The number of nitrogens with zero attached hydrogens (tertiary/aromatic N) is 2. The second-order valence-electron chi connectivity index (χ2n) is 4.73. The van der Waals surface area contributed by atoms with Crippen molar-refractivity contribution in [3.63, 3.8) is 0 Å². The first-order valence-corrected chi connectivity index (χ1v) is 6.40. The Morgan fingerprint density at radius 1 is 1.41 bits per heavy atom. The maximum absolute atomic E-state index is 9.22. The Balaban J connectivity index is 2.28. The van der Waals surface area contributed by atoms with Crippen LogP contribution in [0.2, 0.25) is 5.02 Å². The van der Waals surface area contributed by atoms with Crippen LogP contribution in [-0.4, -0.2) is 27.0 Å². The molecule has 0 bridgehead atoms. The van der Waals surface area contributed by atoms with Crippen LogP contribution < -0.4 is 5.32 Å². The number of halogens is 1. The molecular formula is C11H14ClN3OS. The largest absolute Gasteiger partial charge is 0.396 e. The molecule has 92 valence electrons. The summed E-state index contributed by atoms with van der Waals surface area (Å²) in [6.45, 7) is 4.70. The molecule has 0 spiro atoms. The summed E-state index contributed by atoms with van der Waals surface area (Å²) in [5, 5.41) is 13.1. The fourth-order valence-electron chi connectivity index (χ4n) is 1.38. The highest BCUT2D eigenvalue weighted by molar-refractivity contribution is 7.00. The number of anilines is 1. The van der Waals surface area contributed by atoms with Crippen molar-refractivity contribution in [1.82, 2.24) is 8.75 Å². The average Bonchev–Trinajstić information content (AvgIpc) is 2.76. The summed E-state index contributed by atoms with van der Waals surface area (Å²) < 4.78 is 8.39. The molecule has 2 rings (SSSR count). The Morgan fingerprint density at radius 3 is 2.88 bits per heavy atom. The molecule has 0 atom stereocenters. The molecule has 0 amide bonds. The van der Waals surface area contributed by atoms with Gasteiger partial charge in [-0.3, -0.25) is 0 Å². The van der Waals surface area contributed by atoms with E-state index in [1.165, 1.54) is 11.7 Å². The lowest BCUT2D eigenvalue weighted by Crippen LogP contribution is -2.26. The van der Waals surface area contributed by atoms with Crippen LogP contribution in [0.25, 0.3) is 11.0 Å². The highest BCUT2D eigenvalue weighted by Gasteiger charge is 2.18. The van der Waals surface area contributed by atoms with Crippen molar-refractivity contribution in [1.29, 1.82) is 0 Å². The fourth-order valence-corrected chi connectivity index (χ4v) is 2.14. The maximum Gasteiger partial charge on any atom is 0.129 e. The molecule has 4 nitrogen and oxygen atoms in total. The summed E-state index contributed by atoms with van der Waals surface area (Å²) in [6, 6.07) is 3.66. The number of hydrogen-bond acceptors (Lipinski definition) is 5. The summed E-state index contributed by atoms with van der Waals surface area (Å²) in [7, 11) is 0. The lowest BCUT2D eigenvalue weighted by atomic mass is 9.95. The first-order valence-electron chi connectivity index (χ1n) is 5.29. The van der Waals surface area contributed by atoms with Gasteiger partial charge in [-0.05, 0) is 12.1 Å². The van der Waals surface area contributed by atoms with E-state index in [1.807, 2.05) is 19.9 Å². The van der Waals surface area contributed by atoms with Gasteiger partial charge in [-0.2, -0.15) is 8.75 Å². The standard InChI is InChI=1S/C11H14ClN3OS/c1-11(2,6-16)5-13-9-7(12)3-4-8-10(9)15-17-14-8/h3-4,13,16H,5-6H2,1-2H3. The molecule has 17 heavy (non-hydrogen) atoms. The number of aliphatic hydroxyl groups is 1. The van der Waals surface area contributed by atoms with E-state index in [4.69, 9.17) is 11.6 Å². The summed E-state index contributed by atoms with van der Waals surface area (Å²) in [4.78, 5) is 0. The van der Waals surface area contributed by atoms with Crippen molar-refractivity contribution in [2.45, 2.75) is 13.8 Å². The van der Waals surface area contributed by atoms with Gasteiger partial charge in [0.15, 0.2) is 0 Å². The van der Waals surface area contributed by atoms with Crippen molar-refractivity contribution in [3.05, 3.63) is 17.2 Å². The van der Waals surface area contributed by atoms with Gasteiger partial charge in [-0.1, -0.05) is 25.4 Å². The van der Waals surface area contributed by atoms with Gasteiger partial charge < -0.3 is 10.4 Å². The number of nitrogens with one attached hydrogen (secondary N) is 1. The minimum Gasteiger partial charge on any atom is -0.396 e. The molecule has 1 aromatic carbocycles. The van der Waals surface area contributed by atoms with Gasteiger partial charge >= 0.3 is 0 Å². The van der Waals surface area contributed by atoms with Gasteiger partial charge in [-0.15, -0.1) is 0 Å². The Kier molecular flexibility index (Phi) is 3.51. The second-order valence-corrected chi connectivity index (χ2v) is 5.67. The number of hydrogen-bond donors (Lipinski definition) is 2. The van der Waals surface area contributed by atoms with Crippen LogP contribution in [-0.2, 0) is 0 Å². The Labute approximate surface area is 109 Å². The summed E-state index contributed by atoms with van der Waals surface area (Å²) in [6.07, 6.45) is 0. The van der Waals surface area contributed by atoms with E-state index in [-0.39, 0.29) is 12.0 Å². The van der Waals surface area contributed by atoms with Gasteiger partial charge in [0, 0.05) is 18.6 Å². The highest BCUT2D eigenvalue weighted by Crippen LogP contribution is 2.30. The maximum atomic E-state index is 9.22. The first kappa shape index (κ1) is 12.5. The molecule has 0 aliphatic rings. The fraction of sp³-hybridized carbons (Fsp3) is 0.455. The van der Waals surface area contributed by atoms with Gasteiger partial charge in [0.05, 0.1) is 22.4 Å². The van der Waals surface area contributed by atoms with Crippen LogP contribution in [0, 0.1) is 5.41 Å². The van der Waals surface area contributed by atoms with Gasteiger partial charge in [0.1, 0.15) is 11.0 Å². The number of fused-ring (bicyclic) bond motifs is 1. The van der Waals surface area contributed by atoms with Crippen LogP contribution >= 0.6 is 23.3 Å². The highest BCUT2D eigenvalue weighted by atomic mass is 35.5. The third kappa shape index (κ3) is 2.68. The molecule has 0 unspecified atom stereocenters. The van der Waals surface area contributed by atoms with Crippen LogP contribution in [0.15, 0.2) is 12.1 Å². The molecule has 0 radical (unpaired) electrons. The quantitative estimate of drug-likeness (QED) is 0.898. The molecule has 6 heteroatoms. The number of benzene rings is 1. The van der Waals surface area contributed by atoms with Crippen molar-refractivity contribution >= 4 is 40.0 Å². The van der Waals surface area contributed by atoms with Crippen LogP contribution in [0.4, 0.5) is 5.69 Å². The van der Waals surface area contributed by atoms with Crippen LogP contribution in [0.5, 0.6) is 0 Å². The minimum absolute atomic E-state index is 0.114. The minimum atomic E-state index is -0.199. The number of aromatic nitrogens is 2. The molecule has 0 saturated heterocycles. The SMILES string of the molecule is CC(C)(CO)CNc1c(Cl)ccc2nsnc12. The first-order chi connectivity index (χ1) is 8.03. The molecule has 0 aliphatic heterocycles. The van der Waals surface area contributed by atoms with Gasteiger partial charge in [0.25, 0.3) is 0 Å². The van der Waals surface area contributed by atoms with E-state index in [9.17, 15) is 5.11 Å². The summed E-state index contributed by atoms with van der Waals surface area (Å²) in [5.74, 6) is 0. The smallest absolute Gasteiger partial charge is 0.129 e. The van der Waals surface area contributed by atoms with Gasteiger partial charge in [-0.25, -0.2) is 0 Å². The predicted molar refractivity (Wildman–Crippen MR) is 71.8 cm³/mol. The molecule has 1 aromatic heterocycles. The van der Waals surface area contributed by atoms with E-state index in [0.29, 0.717) is 11.6 Å². The molecule has 2 aromatic rings. The van der Waals surface area contributed by atoms with Crippen molar-refractivity contribution in [3.8, 4) is 0 Å². The van der Waals surface area contributed by atoms with Gasteiger partial charge in [0.2, 0.25) is 0 Å². The lowest BCUT2D eigenvalue weighted by Gasteiger charge is -2.23. The van der Waals surface area contributed by atoms with E-state index in [2.05, 4.69) is 14.1 Å². The third-order valence-corrected chi connectivity index (χ3v) is 3.41. The van der Waals surface area contributed by atoms with Crippen LogP contribution in [0.1, 0.15) is 13.8 Å². The van der Waals surface area contributed by atoms with Crippen LogP contribution in [0.3, 0.4) is 0 Å². The number of aliphatic hydroxyl groups excluding tert-OH is 1. The summed E-state index contributed by atoms with van der Waals surface area (Å²) >= 11 is 7.31. The second kappa shape index (κ2) is 4.76. The van der Waals surface area contributed by atoms with Crippen molar-refractivity contribution in [2.75, 3.05) is 18.5 Å². The monoisotopic (exact) mass is 271 g/mol. The van der Waals surface area contributed by atoms with E-state index in [0.717, 1.165) is 16.7 Å². The Morgan fingerprint density at radius 2 is 2.18 bits per heavy atom. The topological polar surface area (TPSA) is 58.0 Å². The predicted octanol–water partition coefficient (Wildman–Crippen LogP) is 2.78. The lowest BCUT2D eigenvalue weighted by molar-refractivity contribution is 0.171. The molecule has 0 aliphatic carbocycles. The summed E-state index contributed by atoms with van der Waals surface area (Å²) in [5.41, 5.74) is 2.22. The normalized spacial score (nSPS) is 12.0. The zero-order valence-electron chi connectivity index (χ0n) is 9.70. The zero-order chi connectivity index (χ0) is 12.5. The van der Waals surface area contributed by atoms with Crippen molar-refractivity contribution < 1.29 is 5.11 Å². The Hall–Kier alpha value is -0.910. The average molecular weight is 272 g/mol. The molecule has 0 saturated carbocycles. The molecular weight excluding hydrogens is 258 g/mol. The molecule has 2 N–H and O–H groups in total. The van der Waals surface area contributed by atoms with E-state index in [1.54, 1.807) is 6.07 Å². The zero-order valence-corrected chi connectivity index (χ0v) is 11.3. The molecule has 0 fully saturated rings. The Bertz CT molecular complexity index is 526. The third-order valence-electron chi connectivity index (χ3n) is 2.55. The molecule has 1 heterocycles. The van der Waals surface area contributed by atoms with E-state index < -0.39 is 0 Å².